The number of aromatic nitrogens is 3. The molecule has 1 aliphatic carbocycles. The number of carbonyl (C=O) groups excluding carboxylic acids is 2. The van der Waals surface area contributed by atoms with Gasteiger partial charge in [-0.2, -0.15) is 0 Å². The van der Waals surface area contributed by atoms with Crippen molar-refractivity contribution in [3.05, 3.63) is 48.2 Å². The van der Waals surface area contributed by atoms with E-state index in [-0.39, 0.29) is 17.9 Å². The predicted octanol–water partition coefficient (Wildman–Crippen LogP) is 2.06. The molecular weight excluding hydrogens is 386 g/mol. The van der Waals surface area contributed by atoms with Gasteiger partial charge in [-0.05, 0) is 37.7 Å². The molecular formula is C21H25N5O4. The molecule has 2 aromatic heterocycles. The van der Waals surface area contributed by atoms with Gasteiger partial charge in [0.05, 0.1) is 30.7 Å². The highest BCUT2D eigenvalue weighted by atomic mass is 16.7. The molecule has 4 rings (SSSR count). The minimum absolute atomic E-state index is 0.0335. The van der Waals surface area contributed by atoms with Gasteiger partial charge in [-0.1, -0.05) is 0 Å². The molecule has 9 nitrogen and oxygen atoms in total. The molecule has 2 fully saturated rings. The third-order valence-corrected chi connectivity index (χ3v) is 5.73. The van der Waals surface area contributed by atoms with Crippen LogP contribution >= 0.6 is 0 Å². The molecule has 0 bridgehead atoms. The fraction of sp³-hybridized carbons (Fsp3) is 0.476. The van der Waals surface area contributed by atoms with Gasteiger partial charge in [0.1, 0.15) is 6.04 Å². The Kier molecular flexibility index (Phi) is 6.18. The number of carbonyl (C=O) groups is 2. The number of nitrogens with zero attached hydrogens (tertiary/aromatic N) is 4. The summed E-state index contributed by atoms with van der Waals surface area (Å²) in [5.41, 5.74) is 6.33. The quantitative estimate of drug-likeness (QED) is 0.772. The summed E-state index contributed by atoms with van der Waals surface area (Å²) in [5.74, 6) is 0.302. The van der Waals surface area contributed by atoms with Crippen LogP contribution in [0.1, 0.15) is 54.2 Å². The normalized spacial score (nSPS) is 23.9. The van der Waals surface area contributed by atoms with Crippen molar-refractivity contribution >= 4 is 11.8 Å². The zero-order chi connectivity index (χ0) is 20.9. The van der Waals surface area contributed by atoms with E-state index < -0.39 is 5.91 Å². The van der Waals surface area contributed by atoms with E-state index in [9.17, 15) is 9.59 Å². The van der Waals surface area contributed by atoms with Crippen LogP contribution in [0.3, 0.4) is 0 Å². The van der Waals surface area contributed by atoms with Crippen molar-refractivity contribution in [2.45, 2.75) is 38.1 Å². The van der Waals surface area contributed by atoms with Crippen LogP contribution in [-0.4, -0.2) is 45.0 Å². The number of primary amides is 1. The molecule has 1 saturated carbocycles. The minimum Gasteiger partial charge on any atom is -0.477 e. The van der Waals surface area contributed by atoms with Crippen molar-refractivity contribution in [1.82, 2.24) is 20.0 Å². The van der Waals surface area contributed by atoms with Gasteiger partial charge in [0, 0.05) is 37.0 Å². The number of amides is 2. The summed E-state index contributed by atoms with van der Waals surface area (Å²) in [6.07, 6.45) is 10.5. The van der Waals surface area contributed by atoms with E-state index >= 15 is 0 Å². The summed E-state index contributed by atoms with van der Waals surface area (Å²) in [6.45, 7) is 1.05. The number of ether oxygens (including phenoxy) is 1. The van der Waals surface area contributed by atoms with Crippen LogP contribution in [0, 0.1) is 11.8 Å². The molecule has 1 aliphatic heterocycles. The van der Waals surface area contributed by atoms with Gasteiger partial charge in [0.15, 0.2) is 0 Å². The summed E-state index contributed by atoms with van der Waals surface area (Å²) in [7, 11) is 0. The number of hydrogen-bond acceptors (Lipinski definition) is 7. The molecule has 2 aliphatic rings. The number of pyridine rings is 1. The summed E-state index contributed by atoms with van der Waals surface area (Å²) in [5, 5.41) is 1.51. The molecule has 158 valence electrons. The Hall–Kier alpha value is -3.07. The van der Waals surface area contributed by atoms with Crippen molar-refractivity contribution < 1.29 is 19.2 Å². The zero-order valence-corrected chi connectivity index (χ0v) is 16.6. The van der Waals surface area contributed by atoms with Crippen LogP contribution in [0.25, 0.3) is 0 Å². The molecule has 2 amide bonds. The number of hydroxylamine groups is 2. The Morgan fingerprint density at radius 2 is 1.93 bits per heavy atom. The van der Waals surface area contributed by atoms with Crippen molar-refractivity contribution in [3.63, 3.8) is 0 Å². The highest BCUT2D eigenvalue weighted by Gasteiger charge is 2.38. The van der Waals surface area contributed by atoms with Crippen LogP contribution in [0.5, 0.6) is 5.88 Å². The largest absolute Gasteiger partial charge is 0.477 e. The lowest BCUT2D eigenvalue weighted by molar-refractivity contribution is -0.183. The first-order valence-electron chi connectivity index (χ1n) is 10.2. The van der Waals surface area contributed by atoms with Crippen LogP contribution in [0.2, 0.25) is 0 Å². The van der Waals surface area contributed by atoms with E-state index in [2.05, 4.69) is 15.0 Å². The fourth-order valence-electron chi connectivity index (χ4n) is 4.01. The summed E-state index contributed by atoms with van der Waals surface area (Å²) in [4.78, 5) is 42.3. The van der Waals surface area contributed by atoms with Gasteiger partial charge in [-0.25, -0.2) is 10.0 Å². The molecule has 0 aromatic carbocycles. The Morgan fingerprint density at radius 1 is 1.10 bits per heavy atom. The van der Waals surface area contributed by atoms with E-state index in [1.807, 2.05) is 0 Å². The minimum atomic E-state index is -0.513. The smallest absolute Gasteiger partial charge is 0.250 e. The average Bonchev–Trinajstić information content (AvgIpc) is 3.28. The standard InChI is InChI=1S/C21H25N5O4/c22-20(27)16-5-6-19(25-11-16)29-13-14-1-3-15(4-2-14)21(28)26-18(7-10-30-26)17-12-23-8-9-24-17/h5-6,8-9,11-12,14-15,18H,1-4,7,10,13H2,(H2,22,27)/t14?,15?,18-/m0/s1. The zero-order valence-electron chi connectivity index (χ0n) is 16.6. The highest BCUT2D eigenvalue weighted by Crippen LogP contribution is 2.35. The van der Waals surface area contributed by atoms with E-state index in [0.717, 1.165) is 37.8 Å². The third-order valence-electron chi connectivity index (χ3n) is 5.73. The van der Waals surface area contributed by atoms with Gasteiger partial charge in [-0.3, -0.25) is 24.4 Å². The molecule has 9 heteroatoms. The molecule has 0 radical (unpaired) electrons. The number of rotatable bonds is 6. The van der Waals surface area contributed by atoms with E-state index in [4.69, 9.17) is 15.3 Å². The van der Waals surface area contributed by atoms with Gasteiger partial charge >= 0.3 is 0 Å². The first kappa shape index (κ1) is 20.2. The summed E-state index contributed by atoms with van der Waals surface area (Å²) >= 11 is 0. The SMILES string of the molecule is NC(=O)c1ccc(OCC2CCC(C(=O)N3OCC[C@H]3c3cnccn3)CC2)nc1. The third kappa shape index (κ3) is 4.56. The molecule has 2 N–H and O–H groups in total. The van der Waals surface area contributed by atoms with Gasteiger partial charge in [-0.15, -0.1) is 0 Å². The first-order chi connectivity index (χ1) is 14.6. The van der Waals surface area contributed by atoms with Crippen LogP contribution in [0.4, 0.5) is 0 Å². The monoisotopic (exact) mass is 411 g/mol. The maximum atomic E-state index is 13.0. The molecule has 1 atom stereocenters. The molecule has 2 aromatic rings. The second kappa shape index (κ2) is 9.17. The Bertz CT molecular complexity index is 869. The first-order valence-corrected chi connectivity index (χ1v) is 10.2. The molecule has 0 spiro atoms. The van der Waals surface area contributed by atoms with Crippen molar-refractivity contribution in [3.8, 4) is 5.88 Å². The van der Waals surface area contributed by atoms with E-state index in [1.165, 1.54) is 11.3 Å². The maximum Gasteiger partial charge on any atom is 0.250 e. The van der Waals surface area contributed by atoms with Crippen molar-refractivity contribution in [1.29, 1.82) is 0 Å². The second-order valence-corrected chi connectivity index (χ2v) is 7.71. The van der Waals surface area contributed by atoms with E-state index in [0.29, 0.717) is 30.6 Å². The Labute approximate surface area is 174 Å². The summed E-state index contributed by atoms with van der Waals surface area (Å²) < 4.78 is 5.75. The van der Waals surface area contributed by atoms with Crippen LogP contribution in [0.15, 0.2) is 36.9 Å². The fourth-order valence-corrected chi connectivity index (χ4v) is 4.01. The lowest BCUT2D eigenvalue weighted by Crippen LogP contribution is -2.37. The topological polar surface area (TPSA) is 121 Å². The highest BCUT2D eigenvalue weighted by molar-refractivity contribution is 5.92. The molecule has 3 heterocycles. The number of hydrogen-bond donors (Lipinski definition) is 1. The summed E-state index contributed by atoms with van der Waals surface area (Å²) in [6, 6.07) is 3.08. The van der Waals surface area contributed by atoms with Crippen molar-refractivity contribution in [2.75, 3.05) is 13.2 Å². The van der Waals surface area contributed by atoms with E-state index in [1.54, 1.807) is 30.7 Å². The average molecular weight is 411 g/mol. The van der Waals surface area contributed by atoms with Gasteiger partial charge in [0.25, 0.3) is 0 Å². The van der Waals surface area contributed by atoms with Gasteiger partial charge < -0.3 is 10.5 Å². The second-order valence-electron chi connectivity index (χ2n) is 7.71. The Balaban J connectivity index is 1.27. The predicted molar refractivity (Wildman–Crippen MR) is 106 cm³/mol. The van der Waals surface area contributed by atoms with Crippen molar-refractivity contribution in [2.24, 2.45) is 17.6 Å². The lowest BCUT2D eigenvalue weighted by Gasteiger charge is -2.31. The Morgan fingerprint density at radius 3 is 2.60 bits per heavy atom. The maximum absolute atomic E-state index is 13.0. The molecule has 0 unspecified atom stereocenters. The van der Waals surface area contributed by atoms with Gasteiger partial charge in [0.2, 0.25) is 17.7 Å². The van der Waals surface area contributed by atoms with Crippen LogP contribution in [-0.2, 0) is 9.63 Å². The lowest BCUT2D eigenvalue weighted by atomic mass is 9.81. The number of nitrogens with two attached hydrogens (primary N) is 1. The van der Waals surface area contributed by atoms with Crippen LogP contribution < -0.4 is 10.5 Å². The molecule has 1 saturated heterocycles. The molecule has 30 heavy (non-hydrogen) atoms.